The van der Waals surface area contributed by atoms with E-state index < -0.39 is 11.6 Å². The Labute approximate surface area is 258 Å². The van der Waals surface area contributed by atoms with Gasteiger partial charge in [0, 0.05) is 67.5 Å². The van der Waals surface area contributed by atoms with Crippen LogP contribution in [0, 0.1) is 0 Å². The topological polar surface area (TPSA) is 124 Å². The molecule has 1 fully saturated rings. The average Bonchev–Trinajstić information content (AvgIpc) is 3.39. The normalized spacial score (nSPS) is 14.4. The van der Waals surface area contributed by atoms with E-state index >= 15 is 0 Å². The number of nitrogens with one attached hydrogen (secondary N) is 1. The molecule has 3 heterocycles. The molecular weight excluding hydrogens is 574 g/mol. The van der Waals surface area contributed by atoms with Gasteiger partial charge in [0.05, 0.1) is 57.3 Å². The van der Waals surface area contributed by atoms with Crippen LogP contribution < -0.4 is 15.4 Å². The zero-order chi connectivity index (χ0) is 30.8. The maximum atomic E-state index is 12.8. The summed E-state index contributed by atoms with van der Waals surface area (Å²) in [5, 5.41) is 1.25. The quantitative estimate of drug-likeness (QED) is 0.191. The summed E-state index contributed by atoms with van der Waals surface area (Å²) in [7, 11) is 1.60. The number of hydrogen-bond acceptors (Lipinski definition) is 10. The first-order valence-electron chi connectivity index (χ1n) is 14.7. The van der Waals surface area contributed by atoms with Gasteiger partial charge in [-0.05, 0) is 45.0 Å². The van der Waals surface area contributed by atoms with E-state index in [1.54, 1.807) is 13.3 Å². The van der Waals surface area contributed by atoms with Crippen molar-refractivity contribution < 1.29 is 28.5 Å². The van der Waals surface area contributed by atoms with Crippen molar-refractivity contribution in [3.05, 3.63) is 41.0 Å². The van der Waals surface area contributed by atoms with Gasteiger partial charge in [0.15, 0.2) is 0 Å². The third-order valence-corrected chi connectivity index (χ3v) is 7.28. The van der Waals surface area contributed by atoms with Crippen molar-refractivity contribution in [2.75, 3.05) is 90.9 Å². The van der Waals surface area contributed by atoms with E-state index in [0.29, 0.717) is 62.7 Å². The minimum absolute atomic E-state index is 0.396. The van der Waals surface area contributed by atoms with E-state index in [4.69, 9.17) is 46.0 Å². The molecule has 1 aliphatic heterocycles. The van der Waals surface area contributed by atoms with Crippen LogP contribution >= 0.6 is 11.6 Å². The van der Waals surface area contributed by atoms with Crippen LogP contribution in [0.15, 0.2) is 30.5 Å². The maximum Gasteiger partial charge on any atom is 0.340 e. The monoisotopic (exact) mass is 617 g/mol. The van der Waals surface area contributed by atoms with Gasteiger partial charge < -0.3 is 39.3 Å². The Morgan fingerprint density at radius 2 is 1.65 bits per heavy atom. The van der Waals surface area contributed by atoms with Gasteiger partial charge in [0.2, 0.25) is 5.88 Å². The number of halogens is 1. The number of rotatable bonds is 15. The third kappa shape index (κ3) is 9.28. The van der Waals surface area contributed by atoms with Crippen LogP contribution in [0.1, 0.15) is 31.1 Å². The number of piperazine rings is 1. The molecule has 0 radical (unpaired) electrons. The molecule has 0 saturated carbocycles. The molecule has 4 rings (SSSR count). The summed E-state index contributed by atoms with van der Waals surface area (Å²) in [6.45, 7) is 13.9. The molecule has 0 aliphatic carbocycles. The van der Waals surface area contributed by atoms with Crippen molar-refractivity contribution in [3.8, 4) is 17.0 Å². The molecule has 12 heteroatoms. The van der Waals surface area contributed by atoms with E-state index in [9.17, 15) is 4.79 Å². The van der Waals surface area contributed by atoms with Gasteiger partial charge in [0.1, 0.15) is 11.4 Å². The van der Waals surface area contributed by atoms with Crippen LogP contribution in [0.3, 0.4) is 0 Å². The highest BCUT2D eigenvalue weighted by Crippen LogP contribution is 2.38. The van der Waals surface area contributed by atoms with Gasteiger partial charge in [-0.2, -0.15) is 4.98 Å². The van der Waals surface area contributed by atoms with Gasteiger partial charge in [-0.25, -0.2) is 4.79 Å². The first-order chi connectivity index (χ1) is 20.7. The Hall–Kier alpha value is -2.93. The van der Waals surface area contributed by atoms with Gasteiger partial charge in [-0.1, -0.05) is 11.6 Å². The number of aromatic amines is 1. The van der Waals surface area contributed by atoms with Crippen molar-refractivity contribution in [1.82, 2.24) is 14.9 Å². The Bertz CT molecular complexity index is 1340. The van der Waals surface area contributed by atoms with Gasteiger partial charge in [-0.3, -0.25) is 4.90 Å². The van der Waals surface area contributed by atoms with Crippen molar-refractivity contribution in [3.63, 3.8) is 0 Å². The van der Waals surface area contributed by atoms with Crippen molar-refractivity contribution in [2.45, 2.75) is 26.4 Å². The zero-order valence-electron chi connectivity index (χ0n) is 25.6. The fourth-order valence-corrected chi connectivity index (χ4v) is 5.10. The number of aromatic nitrogens is 2. The highest BCUT2D eigenvalue weighted by Gasteiger charge is 2.23. The molecule has 236 valence electrons. The van der Waals surface area contributed by atoms with E-state index in [2.05, 4.69) is 14.8 Å². The summed E-state index contributed by atoms with van der Waals surface area (Å²) >= 11 is 6.71. The Morgan fingerprint density at radius 3 is 2.30 bits per heavy atom. The number of nitrogens with two attached hydrogens (primary N) is 1. The highest BCUT2D eigenvalue weighted by atomic mass is 35.5. The lowest BCUT2D eigenvalue weighted by atomic mass is 10.0. The van der Waals surface area contributed by atoms with E-state index in [-0.39, 0.29) is 0 Å². The predicted molar refractivity (Wildman–Crippen MR) is 168 cm³/mol. The molecule has 1 aliphatic rings. The second-order valence-electron chi connectivity index (χ2n) is 11.3. The van der Waals surface area contributed by atoms with Crippen LogP contribution in [0.5, 0.6) is 5.88 Å². The van der Waals surface area contributed by atoms with Gasteiger partial charge >= 0.3 is 5.97 Å². The molecule has 0 unspecified atom stereocenters. The summed E-state index contributed by atoms with van der Waals surface area (Å²) in [6, 6.07) is 7.66. The molecule has 0 bridgehead atoms. The summed E-state index contributed by atoms with van der Waals surface area (Å²) in [5.41, 5.74) is 7.45. The minimum atomic E-state index is -0.603. The van der Waals surface area contributed by atoms with E-state index in [0.717, 1.165) is 60.6 Å². The molecule has 3 aromatic rings. The van der Waals surface area contributed by atoms with E-state index in [1.165, 1.54) is 0 Å². The molecule has 0 amide bonds. The summed E-state index contributed by atoms with van der Waals surface area (Å²) in [5.74, 6) is 0.918. The van der Waals surface area contributed by atoms with Crippen LogP contribution in [0.4, 0.5) is 5.82 Å². The maximum absolute atomic E-state index is 12.8. The number of H-pyrrole nitrogens is 1. The summed E-state index contributed by atoms with van der Waals surface area (Å²) in [6.07, 6.45) is 1.65. The summed E-state index contributed by atoms with van der Waals surface area (Å²) in [4.78, 5) is 25.4. The minimum Gasteiger partial charge on any atom is -0.480 e. The Morgan fingerprint density at radius 1 is 0.977 bits per heavy atom. The van der Waals surface area contributed by atoms with Crippen LogP contribution in [0.2, 0.25) is 5.02 Å². The predicted octanol–water partition coefficient (Wildman–Crippen LogP) is 3.98. The SMILES string of the molecule is COc1nc(N2CCN(CCOCCOCCOCCN)CC2)ccc1-c1cc2c(C(=O)OC(C)(C)C)c[nH]c2cc1Cl. The van der Waals surface area contributed by atoms with Crippen LogP contribution in [-0.4, -0.2) is 112 Å². The molecule has 0 spiro atoms. The highest BCUT2D eigenvalue weighted by molar-refractivity contribution is 6.34. The Balaban J connectivity index is 1.33. The van der Waals surface area contributed by atoms with Gasteiger partial charge in [0.25, 0.3) is 0 Å². The number of carbonyl (C=O) groups is 1. The molecule has 43 heavy (non-hydrogen) atoms. The molecule has 1 saturated heterocycles. The number of hydrogen-bond donors (Lipinski definition) is 2. The number of benzene rings is 1. The molecule has 3 N–H and O–H groups in total. The first kappa shape index (κ1) is 33.0. The largest absolute Gasteiger partial charge is 0.480 e. The van der Waals surface area contributed by atoms with Crippen molar-refractivity contribution in [1.29, 1.82) is 0 Å². The number of carbonyl (C=O) groups excluding carboxylic acids is 1. The standard InChI is InChI=1S/C31H44ClN5O6/c1-31(2,3)43-30(38)25-21-34-27-20-26(32)23(19-24(25)27)22-5-6-28(35-29(22)39-4)37-10-8-36(9-11-37)12-14-41-16-18-42-17-15-40-13-7-33/h5-6,19-21,34H,7-18,33H2,1-4H3. The second kappa shape index (κ2) is 15.7. The Kier molecular flexibility index (Phi) is 12.0. The fourth-order valence-electron chi connectivity index (χ4n) is 4.84. The number of anilines is 1. The number of ether oxygens (including phenoxy) is 5. The van der Waals surface area contributed by atoms with E-state index in [1.807, 2.05) is 45.0 Å². The number of nitrogens with zero attached hydrogens (tertiary/aromatic N) is 3. The molecule has 0 atom stereocenters. The molecule has 1 aromatic carbocycles. The number of fused-ring (bicyclic) bond motifs is 1. The lowest BCUT2D eigenvalue weighted by molar-refractivity contribution is 0.00718. The van der Waals surface area contributed by atoms with Crippen LogP contribution in [0.25, 0.3) is 22.0 Å². The molecular formula is C31H44ClN5O6. The first-order valence-corrected chi connectivity index (χ1v) is 15.1. The molecule has 11 nitrogen and oxygen atoms in total. The third-order valence-electron chi connectivity index (χ3n) is 6.97. The summed E-state index contributed by atoms with van der Waals surface area (Å²) < 4.78 is 27.8. The lowest BCUT2D eigenvalue weighted by Gasteiger charge is -2.35. The number of esters is 1. The molecule has 2 aromatic heterocycles. The average molecular weight is 618 g/mol. The zero-order valence-corrected chi connectivity index (χ0v) is 26.4. The van der Waals surface area contributed by atoms with Crippen molar-refractivity contribution >= 4 is 34.3 Å². The number of pyridine rings is 1. The number of methoxy groups -OCH3 is 1. The fraction of sp³-hybridized carbons (Fsp3) is 0.548. The van der Waals surface area contributed by atoms with Crippen molar-refractivity contribution in [2.24, 2.45) is 5.73 Å². The lowest BCUT2D eigenvalue weighted by Crippen LogP contribution is -2.47. The van der Waals surface area contributed by atoms with Crippen LogP contribution in [-0.2, 0) is 18.9 Å². The smallest absolute Gasteiger partial charge is 0.340 e. The van der Waals surface area contributed by atoms with Gasteiger partial charge in [-0.15, -0.1) is 0 Å². The second-order valence-corrected chi connectivity index (χ2v) is 11.7.